The summed E-state index contributed by atoms with van der Waals surface area (Å²) in [4.78, 5) is 4.41. The lowest BCUT2D eigenvalue weighted by Gasteiger charge is -2.05. The topological polar surface area (TPSA) is 78.7 Å². The van der Waals surface area contributed by atoms with Gasteiger partial charge in [0.1, 0.15) is 5.52 Å². The van der Waals surface area contributed by atoms with Gasteiger partial charge in [-0.25, -0.2) is 4.98 Å². The Balaban J connectivity index is 2.38. The van der Waals surface area contributed by atoms with Gasteiger partial charge < -0.3 is 5.73 Å². The zero-order valence-electron chi connectivity index (χ0n) is 11.7. The first kappa shape index (κ1) is 14.0. The van der Waals surface area contributed by atoms with Gasteiger partial charge in [-0.1, -0.05) is 20.3 Å². The molecule has 0 aliphatic rings. The number of imidazole rings is 1. The maximum absolute atomic E-state index is 11.6. The fraction of sp³-hybridized carbons (Fsp3) is 0.667. The van der Waals surface area contributed by atoms with Gasteiger partial charge in [0, 0.05) is 35.9 Å². The average Bonchev–Trinajstić information content (AvgIpc) is 2.86. The second-order valence-corrected chi connectivity index (χ2v) is 6.41. The Labute approximate surface area is 115 Å². The number of hydrogen-bond acceptors (Lipinski definition) is 4. The lowest BCUT2D eigenvalue weighted by molar-refractivity contribution is 0.671. The molecular formula is C12H21N5OS. The van der Waals surface area contributed by atoms with Crippen molar-refractivity contribution in [3.8, 4) is 0 Å². The van der Waals surface area contributed by atoms with E-state index in [4.69, 9.17) is 5.73 Å². The van der Waals surface area contributed by atoms with E-state index in [0.29, 0.717) is 24.0 Å². The van der Waals surface area contributed by atoms with E-state index >= 15 is 0 Å². The quantitative estimate of drug-likeness (QED) is 0.860. The molecular weight excluding hydrogens is 262 g/mol. The highest BCUT2D eigenvalue weighted by Gasteiger charge is 2.17. The van der Waals surface area contributed by atoms with Crippen LogP contribution in [0.3, 0.4) is 0 Å². The van der Waals surface area contributed by atoms with Crippen LogP contribution in [0.5, 0.6) is 0 Å². The first-order chi connectivity index (χ1) is 9.08. The summed E-state index contributed by atoms with van der Waals surface area (Å²) in [5.74, 6) is 1.75. The molecule has 0 aromatic carbocycles. The Hall–Kier alpha value is -1.37. The third kappa shape index (κ3) is 2.65. The van der Waals surface area contributed by atoms with Gasteiger partial charge >= 0.3 is 0 Å². The highest BCUT2D eigenvalue weighted by Crippen LogP contribution is 2.21. The minimum absolute atomic E-state index is 0.480. The van der Waals surface area contributed by atoms with Crippen LogP contribution in [-0.4, -0.2) is 35.0 Å². The average molecular weight is 283 g/mol. The van der Waals surface area contributed by atoms with Gasteiger partial charge in [0.2, 0.25) is 5.95 Å². The summed E-state index contributed by atoms with van der Waals surface area (Å²) in [6.07, 6.45) is 1.92. The van der Waals surface area contributed by atoms with Crippen molar-refractivity contribution >= 4 is 27.9 Å². The summed E-state index contributed by atoms with van der Waals surface area (Å²) in [5, 5.41) is 4.49. The van der Waals surface area contributed by atoms with Crippen LogP contribution in [0.4, 0.5) is 5.95 Å². The molecule has 106 valence electrons. The molecule has 1 atom stereocenters. The number of aromatic nitrogens is 4. The smallest absolute Gasteiger partial charge is 0.202 e. The Morgan fingerprint density at radius 2 is 2.11 bits per heavy atom. The summed E-state index contributed by atoms with van der Waals surface area (Å²) in [7, 11) is 1.10. The van der Waals surface area contributed by atoms with Crippen molar-refractivity contribution in [3.63, 3.8) is 0 Å². The predicted octanol–water partition coefficient (Wildman–Crippen LogP) is 1.07. The maximum atomic E-state index is 11.6. The van der Waals surface area contributed by atoms with Crippen LogP contribution in [0, 0.1) is 0 Å². The van der Waals surface area contributed by atoms with Crippen molar-refractivity contribution in [2.24, 2.45) is 7.05 Å². The number of nitrogen functional groups attached to an aromatic ring is 1. The summed E-state index contributed by atoms with van der Waals surface area (Å²) in [6.45, 7) is 4.66. The SMILES string of the molecule is CCCc1nn(C)c2c1nc(N)n2CCS(=O)CC. The minimum atomic E-state index is -0.800. The van der Waals surface area contributed by atoms with Crippen molar-refractivity contribution in [1.82, 2.24) is 19.3 Å². The Morgan fingerprint density at radius 1 is 1.37 bits per heavy atom. The molecule has 0 spiro atoms. The van der Waals surface area contributed by atoms with Crippen molar-refractivity contribution in [2.75, 3.05) is 17.2 Å². The van der Waals surface area contributed by atoms with Gasteiger partial charge in [0.05, 0.1) is 5.69 Å². The number of fused-ring (bicyclic) bond motifs is 1. The molecule has 2 aromatic rings. The summed E-state index contributed by atoms with van der Waals surface area (Å²) < 4.78 is 15.3. The van der Waals surface area contributed by atoms with Crippen LogP contribution in [-0.2, 0) is 30.8 Å². The van der Waals surface area contributed by atoms with E-state index < -0.39 is 10.8 Å². The molecule has 0 fully saturated rings. The van der Waals surface area contributed by atoms with Crippen molar-refractivity contribution in [1.29, 1.82) is 0 Å². The van der Waals surface area contributed by atoms with Gasteiger partial charge in [0.25, 0.3) is 0 Å². The number of aryl methyl sites for hydroxylation is 3. The molecule has 2 aromatic heterocycles. The molecule has 0 saturated heterocycles. The zero-order chi connectivity index (χ0) is 14.0. The van der Waals surface area contributed by atoms with Crippen LogP contribution in [0.25, 0.3) is 11.2 Å². The molecule has 2 rings (SSSR count). The first-order valence-corrected chi connectivity index (χ1v) is 8.09. The van der Waals surface area contributed by atoms with Gasteiger partial charge in [-0.2, -0.15) is 5.10 Å². The van der Waals surface area contributed by atoms with E-state index in [0.717, 1.165) is 29.7 Å². The summed E-state index contributed by atoms with van der Waals surface area (Å²) in [5.41, 5.74) is 8.76. The van der Waals surface area contributed by atoms with Gasteiger partial charge in [-0.15, -0.1) is 0 Å². The highest BCUT2D eigenvalue weighted by molar-refractivity contribution is 7.84. The van der Waals surface area contributed by atoms with E-state index in [2.05, 4.69) is 17.0 Å². The van der Waals surface area contributed by atoms with E-state index in [1.54, 1.807) is 0 Å². The summed E-state index contributed by atoms with van der Waals surface area (Å²) in [6, 6.07) is 0. The van der Waals surface area contributed by atoms with Gasteiger partial charge in [-0.05, 0) is 6.42 Å². The fourth-order valence-electron chi connectivity index (χ4n) is 2.22. The highest BCUT2D eigenvalue weighted by atomic mass is 32.2. The van der Waals surface area contributed by atoms with Crippen molar-refractivity contribution in [2.45, 2.75) is 33.2 Å². The molecule has 2 heterocycles. The van der Waals surface area contributed by atoms with E-state index in [1.807, 2.05) is 23.2 Å². The molecule has 0 amide bonds. The Kier molecular flexibility index (Phi) is 4.24. The molecule has 1 unspecified atom stereocenters. The minimum Gasteiger partial charge on any atom is -0.369 e. The van der Waals surface area contributed by atoms with E-state index in [9.17, 15) is 4.21 Å². The normalized spacial score (nSPS) is 13.2. The first-order valence-electron chi connectivity index (χ1n) is 6.61. The Bertz CT molecular complexity index is 601. The maximum Gasteiger partial charge on any atom is 0.202 e. The fourth-order valence-corrected chi connectivity index (χ4v) is 2.90. The lowest BCUT2D eigenvalue weighted by atomic mass is 10.2. The van der Waals surface area contributed by atoms with Crippen LogP contribution >= 0.6 is 0 Å². The monoisotopic (exact) mass is 283 g/mol. The number of rotatable bonds is 6. The Morgan fingerprint density at radius 3 is 2.74 bits per heavy atom. The van der Waals surface area contributed by atoms with Gasteiger partial charge in [-0.3, -0.25) is 13.5 Å². The number of hydrogen-bond donors (Lipinski definition) is 1. The largest absolute Gasteiger partial charge is 0.369 e. The second kappa shape index (κ2) is 5.73. The molecule has 6 nitrogen and oxygen atoms in total. The second-order valence-electron chi connectivity index (χ2n) is 4.55. The van der Waals surface area contributed by atoms with Crippen LogP contribution < -0.4 is 5.73 Å². The molecule has 19 heavy (non-hydrogen) atoms. The third-order valence-corrected chi connectivity index (χ3v) is 4.45. The van der Waals surface area contributed by atoms with Crippen molar-refractivity contribution in [3.05, 3.63) is 5.69 Å². The standard InChI is InChI=1S/C12H21N5OS/c1-4-6-9-10-11(16(3)15-9)17(12(13)14-10)7-8-19(18)5-2/h4-8H2,1-3H3,(H2,13,14). The number of nitrogens with zero attached hydrogens (tertiary/aromatic N) is 4. The lowest BCUT2D eigenvalue weighted by Crippen LogP contribution is -2.13. The molecule has 0 saturated carbocycles. The van der Waals surface area contributed by atoms with E-state index in [-0.39, 0.29) is 0 Å². The van der Waals surface area contributed by atoms with Crippen LogP contribution in [0.15, 0.2) is 0 Å². The molecule has 0 aliphatic heterocycles. The summed E-state index contributed by atoms with van der Waals surface area (Å²) >= 11 is 0. The molecule has 2 N–H and O–H groups in total. The third-order valence-electron chi connectivity index (χ3n) is 3.17. The van der Waals surface area contributed by atoms with E-state index in [1.165, 1.54) is 0 Å². The van der Waals surface area contributed by atoms with Crippen molar-refractivity contribution < 1.29 is 4.21 Å². The zero-order valence-corrected chi connectivity index (χ0v) is 12.5. The molecule has 0 aliphatic carbocycles. The molecule has 0 bridgehead atoms. The number of anilines is 1. The molecule has 0 radical (unpaired) electrons. The predicted molar refractivity (Wildman–Crippen MR) is 78.5 cm³/mol. The van der Waals surface area contributed by atoms with Gasteiger partial charge in [0.15, 0.2) is 5.65 Å². The molecule has 7 heteroatoms. The van der Waals surface area contributed by atoms with Crippen LogP contribution in [0.2, 0.25) is 0 Å². The van der Waals surface area contributed by atoms with Crippen LogP contribution in [0.1, 0.15) is 26.0 Å². The number of nitrogens with two attached hydrogens (primary N) is 1.